The Morgan fingerprint density at radius 1 is 1.15 bits per heavy atom. The van der Waals surface area contributed by atoms with E-state index in [1.807, 2.05) is 36.1 Å². The van der Waals surface area contributed by atoms with Crippen molar-refractivity contribution in [1.82, 2.24) is 14.9 Å². The summed E-state index contributed by atoms with van der Waals surface area (Å²) in [4.78, 5) is 36.8. The third kappa shape index (κ3) is 5.19. The second-order valence-corrected chi connectivity index (χ2v) is 8.91. The normalized spacial score (nSPS) is 15.9. The first-order valence-electron chi connectivity index (χ1n) is 12.1. The quantitative estimate of drug-likeness (QED) is 0.362. The van der Waals surface area contributed by atoms with Crippen molar-refractivity contribution in [3.8, 4) is 0 Å². The van der Waals surface area contributed by atoms with Crippen molar-refractivity contribution in [2.24, 2.45) is 0 Å². The highest BCUT2D eigenvalue weighted by Gasteiger charge is 2.27. The highest BCUT2D eigenvalue weighted by molar-refractivity contribution is 6.07. The van der Waals surface area contributed by atoms with E-state index in [2.05, 4.69) is 29.1 Å². The van der Waals surface area contributed by atoms with Crippen LogP contribution in [-0.2, 0) is 4.74 Å². The van der Waals surface area contributed by atoms with Crippen LogP contribution < -0.4 is 5.32 Å². The third-order valence-corrected chi connectivity index (χ3v) is 6.28. The van der Waals surface area contributed by atoms with Crippen molar-refractivity contribution >= 4 is 34.3 Å². The number of piperidine rings is 1. The van der Waals surface area contributed by atoms with Crippen LogP contribution in [0.15, 0.2) is 42.6 Å². The Morgan fingerprint density at radius 3 is 2.68 bits per heavy atom. The molecule has 0 spiro atoms. The first-order valence-corrected chi connectivity index (χ1v) is 12.1. The molecule has 3 aromatic rings. The van der Waals surface area contributed by atoms with E-state index in [9.17, 15) is 9.59 Å². The van der Waals surface area contributed by atoms with Gasteiger partial charge in [-0.1, -0.05) is 13.3 Å². The summed E-state index contributed by atoms with van der Waals surface area (Å²) in [7, 11) is 0. The van der Waals surface area contributed by atoms with Crippen molar-refractivity contribution < 1.29 is 14.3 Å². The zero-order valence-corrected chi connectivity index (χ0v) is 20.1. The SMILES string of the molecule is CCCCOC(=O)c1ccc(Nc2c(C(=O)N3CCCC[C@@H]3C)cnc3nc(C)ccc23)cc1. The largest absolute Gasteiger partial charge is 0.462 e. The average molecular weight is 461 g/mol. The summed E-state index contributed by atoms with van der Waals surface area (Å²) in [6.07, 6.45) is 6.60. The smallest absolute Gasteiger partial charge is 0.338 e. The number of carbonyl (C=O) groups excluding carboxylic acids is 2. The van der Waals surface area contributed by atoms with Crippen molar-refractivity contribution in [2.45, 2.75) is 58.9 Å². The van der Waals surface area contributed by atoms with Crippen LogP contribution in [0.1, 0.15) is 72.4 Å². The van der Waals surface area contributed by atoms with E-state index < -0.39 is 0 Å². The molecule has 1 aliphatic rings. The zero-order valence-electron chi connectivity index (χ0n) is 20.1. The summed E-state index contributed by atoms with van der Waals surface area (Å²) >= 11 is 0. The van der Waals surface area contributed by atoms with Gasteiger partial charge in [0, 0.05) is 35.6 Å². The number of aromatic nitrogens is 2. The van der Waals surface area contributed by atoms with E-state index >= 15 is 0 Å². The number of likely N-dealkylation sites (tertiary alicyclic amines) is 1. The first kappa shape index (κ1) is 23.7. The number of nitrogens with one attached hydrogen (secondary N) is 1. The molecular formula is C27H32N4O3. The molecule has 0 saturated carbocycles. The number of ether oxygens (including phenoxy) is 1. The molecule has 1 aliphatic heterocycles. The van der Waals surface area contributed by atoms with Gasteiger partial charge in [0.15, 0.2) is 5.65 Å². The van der Waals surface area contributed by atoms with Crippen LogP contribution in [0.25, 0.3) is 11.0 Å². The van der Waals surface area contributed by atoms with Gasteiger partial charge in [0.2, 0.25) is 0 Å². The summed E-state index contributed by atoms with van der Waals surface area (Å²) in [5.74, 6) is -0.357. The molecule has 1 N–H and O–H groups in total. The van der Waals surface area contributed by atoms with Gasteiger partial charge in [0.25, 0.3) is 5.91 Å². The highest BCUT2D eigenvalue weighted by Crippen LogP contribution is 2.31. The van der Waals surface area contributed by atoms with E-state index in [0.29, 0.717) is 29.1 Å². The van der Waals surface area contributed by atoms with Crippen molar-refractivity contribution in [1.29, 1.82) is 0 Å². The second-order valence-electron chi connectivity index (χ2n) is 8.91. The van der Waals surface area contributed by atoms with Gasteiger partial charge in [0.1, 0.15) is 0 Å². The van der Waals surface area contributed by atoms with Gasteiger partial charge in [-0.25, -0.2) is 14.8 Å². The number of anilines is 2. The average Bonchev–Trinajstić information content (AvgIpc) is 2.84. The lowest BCUT2D eigenvalue weighted by Gasteiger charge is -2.34. The predicted octanol–water partition coefficient (Wildman–Crippen LogP) is 5.65. The number of hydrogen-bond acceptors (Lipinski definition) is 6. The minimum absolute atomic E-state index is 0.0270. The number of hydrogen-bond donors (Lipinski definition) is 1. The Labute approximate surface area is 200 Å². The van der Waals surface area contributed by atoms with Crippen LogP contribution in [0.2, 0.25) is 0 Å². The van der Waals surface area contributed by atoms with Gasteiger partial charge in [-0.15, -0.1) is 0 Å². The summed E-state index contributed by atoms with van der Waals surface area (Å²) in [6.45, 7) is 7.24. The molecule has 0 aliphatic carbocycles. The van der Waals surface area contributed by atoms with Crippen molar-refractivity contribution in [2.75, 3.05) is 18.5 Å². The number of pyridine rings is 2. The number of esters is 1. The lowest BCUT2D eigenvalue weighted by atomic mass is 10.0. The van der Waals surface area contributed by atoms with E-state index in [0.717, 1.165) is 55.4 Å². The molecule has 7 nitrogen and oxygen atoms in total. The fourth-order valence-corrected chi connectivity index (χ4v) is 4.25. The molecule has 2 aromatic heterocycles. The molecule has 4 rings (SSSR count). The van der Waals surface area contributed by atoms with Crippen LogP contribution >= 0.6 is 0 Å². The third-order valence-electron chi connectivity index (χ3n) is 6.28. The van der Waals surface area contributed by atoms with Crippen LogP contribution in [0, 0.1) is 6.92 Å². The predicted molar refractivity (Wildman–Crippen MR) is 134 cm³/mol. The lowest BCUT2D eigenvalue weighted by Crippen LogP contribution is -2.42. The van der Waals surface area contributed by atoms with Gasteiger partial charge >= 0.3 is 5.97 Å². The summed E-state index contributed by atoms with van der Waals surface area (Å²) in [6, 6.07) is 11.2. The number of aryl methyl sites for hydroxylation is 1. The number of amides is 1. The molecule has 1 fully saturated rings. The summed E-state index contributed by atoms with van der Waals surface area (Å²) in [5.41, 5.74) is 3.91. The maximum absolute atomic E-state index is 13.6. The molecule has 1 amide bonds. The van der Waals surface area contributed by atoms with Crippen LogP contribution in [0.4, 0.5) is 11.4 Å². The van der Waals surface area contributed by atoms with Crippen LogP contribution in [-0.4, -0.2) is 45.9 Å². The number of unbranched alkanes of at least 4 members (excludes halogenated alkanes) is 1. The molecule has 1 aromatic carbocycles. The van der Waals surface area contributed by atoms with Gasteiger partial charge in [-0.2, -0.15) is 0 Å². The second kappa shape index (κ2) is 10.6. The van der Waals surface area contributed by atoms with Crippen LogP contribution in [0.5, 0.6) is 0 Å². The van der Waals surface area contributed by atoms with Gasteiger partial charge < -0.3 is 15.0 Å². The fraction of sp³-hybridized carbons (Fsp3) is 0.407. The van der Waals surface area contributed by atoms with Crippen molar-refractivity contribution in [3.05, 3.63) is 59.4 Å². The minimum atomic E-state index is -0.330. The molecule has 0 bridgehead atoms. The Hall–Kier alpha value is -3.48. The molecule has 3 heterocycles. The Balaban J connectivity index is 1.65. The first-order chi connectivity index (χ1) is 16.5. The molecule has 0 radical (unpaired) electrons. The molecule has 178 valence electrons. The minimum Gasteiger partial charge on any atom is -0.462 e. The molecule has 7 heteroatoms. The number of carbonyl (C=O) groups is 2. The standard InChI is InChI=1S/C27H32N4O3/c1-4-5-16-34-27(33)20-10-12-21(13-11-20)30-24-22-14-9-18(2)29-25(22)28-17-23(24)26(32)31-15-7-6-8-19(31)3/h9-14,17,19H,4-8,15-16H2,1-3H3,(H,28,29,30)/t19-/m0/s1. The van der Waals surface area contributed by atoms with E-state index in [-0.39, 0.29) is 17.9 Å². The van der Waals surface area contributed by atoms with E-state index in [1.165, 1.54) is 0 Å². The number of fused-ring (bicyclic) bond motifs is 1. The Morgan fingerprint density at radius 2 is 1.94 bits per heavy atom. The van der Waals surface area contributed by atoms with Gasteiger partial charge in [0.05, 0.1) is 23.4 Å². The van der Waals surface area contributed by atoms with Gasteiger partial charge in [-0.3, -0.25) is 4.79 Å². The maximum Gasteiger partial charge on any atom is 0.338 e. The number of rotatable bonds is 7. The highest BCUT2D eigenvalue weighted by atomic mass is 16.5. The molecule has 34 heavy (non-hydrogen) atoms. The molecule has 1 saturated heterocycles. The van der Waals surface area contributed by atoms with Crippen LogP contribution in [0.3, 0.4) is 0 Å². The molecular weight excluding hydrogens is 428 g/mol. The molecule has 0 unspecified atom stereocenters. The zero-order chi connectivity index (χ0) is 24.1. The lowest BCUT2D eigenvalue weighted by molar-refractivity contribution is 0.0499. The van der Waals surface area contributed by atoms with Crippen molar-refractivity contribution in [3.63, 3.8) is 0 Å². The van der Waals surface area contributed by atoms with E-state index in [1.54, 1.807) is 18.3 Å². The summed E-state index contributed by atoms with van der Waals surface area (Å²) in [5, 5.41) is 4.19. The summed E-state index contributed by atoms with van der Waals surface area (Å²) < 4.78 is 5.30. The monoisotopic (exact) mass is 460 g/mol. The maximum atomic E-state index is 13.6. The number of nitrogens with zero attached hydrogens (tertiary/aromatic N) is 3. The Bertz CT molecular complexity index is 1180. The Kier molecular flexibility index (Phi) is 7.40. The number of benzene rings is 1. The topological polar surface area (TPSA) is 84.4 Å². The fourth-order valence-electron chi connectivity index (χ4n) is 4.25. The van der Waals surface area contributed by atoms with Gasteiger partial charge in [-0.05, 0) is 75.9 Å². The molecule has 1 atom stereocenters. The van der Waals surface area contributed by atoms with E-state index in [4.69, 9.17) is 4.74 Å².